The number of piperidine rings is 1. The Morgan fingerprint density at radius 2 is 1.96 bits per heavy atom. The van der Waals surface area contributed by atoms with Crippen molar-refractivity contribution in [1.82, 2.24) is 4.90 Å². The van der Waals surface area contributed by atoms with Crippen LogP contribution in [0.5, 0.6) is 5.75 Å². The SMILES string of the molecule is COCCN1CCC(CN=C(N)Nc2ccccc2OC(F)(F)F)CC1.I. The molecule has 0 aromatic heterocycles. The van der Waals surface area contributed by atoms with E-state index in [4.69, 9.17) is 10.5 Å². The zero-order chi connectivity index (χ0) is 19.0. The highest BCUT2D eigenvalue weighted by molar-refractivity contribution is 14.0. The molecule has 1 heterocycles. The maximum absolute atomic E-state index is 12.4. The van der Waals surface area contributed by atoms with Crippen LogP contribution in [0.15, 0.2) is 29.3 Å². The highest BCUT2D eigenvalue weighted by Gasteiger charge is 2.32. The predicted octanol–water partition coefficient (Wildman–Crippen LogP) is 3.29. The fourth-order valence-electron chi connectivity index (χ4n) is 2.80. The van der Waals surface area contributed by atoms with E-state index < -0.39 is 6.36 Å². The second-order valence-corrected chi connectivity index (χ2v) is 6.17. The minimum atomic E-state index is -4.76. The molecule has 0 saturated carbocycles. The van der Waals surface area contributed by atoms with Gasteiger partial charge in [-0.25, -0.2) is 0 Å². The van der Waals surface area contributed by atoms with E-state index in [9.17, 15) is 13.2 Å². The number of guanidine groups is 1. The quantitative estimate of drug-likeness (QED) is 0.340. The van der Waals surface area contributed by atoms with Gasteiger partial charge in [0.05, 0.1) is 12.3 Å². The number of benzene rings is 1. The van der Waals surface area contributed by atoms with Crippen LogP contribution in [0.4, 0.5) is 18.9 Å². The lowest BCUT2D eigenvalue weighted by atomic mass is 9.97. The first-order chi connectivity index (χ1) is 12.4. The zero-order valence-corrected chi connectivity index (χ0v) is 17.5. The first kappa shape index (κ1) is 23.8. The van der Waals surface area contributed by atoms with Gasteiger partial charge in [0.15, 0.2) is 11.7 Å². The molecule has 0 spiro atoms. The third kappa shape index (κ3) is 8.98. The van der Waals surface area contributed by atoms with E-state index in [0.717, 1.165) is 39.1 Å². The van der Waals surface area contributed by atoms with Gasteiger partial charge in [0.1, 0.15) is 0 Å². The van der Waals surface area contributed by atoms with Gasteiger partial charge in [-0.3, -0.25) is 4.99 Å². The molecular formula is C17H26F3IN4O2. The monoisotopic (exact) mass is 502 g/mol. The number of hydrogen-bond acceptors (Lipinski definition) is 4. The van der Waals surface area contributed by atoms with Gasteiger partial charge in [0.25, 0.3) is 0 Å². The molecule has 1 aromatic rings. The second kappa shape index (κ2) is 11.5. The molecule has 1 saturated heterocycles. The number of anilines is 1. The molecule has 0 unspecified atom stereocenters. The van der Waals surface area contributed by atoms with Gasteiger partial charge in [-0.1, -0.05) is 12.1 Å². The Hall–Kier alpha value is -1.27. The van der Waals surface area contributed by atoms with Crippen LogP contribution >= 0.6 is 24.0 Å². The van der Waals surface area contributed by atoms with Crippen LogP contribution in [0.3, 0.4) is 0 Å². The summed E-state index contributed by atoms with van der Waals surface area (Å²) in [6.45, 7) is 4.16. The molecule has 0 bridgehead atoms. The Morgan fingerprint density at radius 3 is 2.59 bits per heavy atom. The molecule has 3 N–H and O–H groups in total. The van der Waals surface area contributed by atoms with Crippen molar-refractivity contribution in [3.05, 3.63) is 24.3 Å². The van der Waals surface area contributed by atoms with Gasteiger partial charge >= 0.3 is 6.36 Å². The summed E-state index contributed by atoms with van der Waals surface area (Å²) < 4.78 is 46.4. The van der Waals surface area contributed by atoms with Crippen molar-refractivity contribution in [3.8, 4) is 5.75 Å². The topological polar surface area (TPSA) is 72.1 Å². The van der Waals surface area contributed by atoms with Crippen molar-refractivity contribution >= 4 is 35.6 Å². The first-order valence-corrected chi connectivity index (χ1v) is 8.50. The molecule has 1 aromatic carbocycles. The number of rotatable bonds is 7. The van der Waals surface area contributed by atoms with Crippen molar-refractivity contribution in [2.75, 3.05) is 45.2 Å². The zero-order valence-electron chi connectivity index (χ0n) is 15.2. The van der Waals surface area contributed by atoms with E-state index in [2.05, 4.69) is 19.9 Å². The number of alkyl halides is 3. The van der Waals surface area contributed by atoms with Gasteiger partial charge in [-0.15, -0.1) is 37.1 Å². The Morgan fingerprint density at radius 1 is 1.30 bits per heavy atom. The molecule has 1 aliphatic rings. The lowest BCUT2D eigenvalue weighted by Crippen LogP contribution is -2.37. The number of para-hydroxylation sites is 2. The fourth-order valence-corrected chi connectivity index (χ4v) is 2.80. The van der Waals surface area contributed by atoms with E-state index >= 15 is 0 Å². The molecule has 0 aliphatic carbocycles. The maximum atomic E-state index is 12.4. The molecule has 6 nitrogen and oxygen atoms in total. The number of methoxy groups -OCH3 is 1. The number of aliphatic imine (C=N–C) groups is 1. The average molecular weight is 502 g/mol. The maximum Gasteiger partial charge on any atom is 0.573 e. The van der Waals surface area contributed by atoms with Gasteiger partial charge in [-0.05, 0) is 44.0 Å². The number of likely N-dealkylation sites (tertiary alicyclic amines) is 1. The van der Waals surface area contributed by atoms with Crippen LogP contribution in [-0.4, -0.2) is 57.1 Å². The third-order valence-electron chi connectivity index (χ3n) is 4.21. The number of nitrogens with one attached hydrogen (secondary N) is 1. The van der Waals surface area contributed by atoms with Crippen LogP contribution in [0.2, 0.25) is 0 Å². The van der Waals surface area contributed by atoms with Crippen LogP contribution in [-0.2, 0) is 4.74 Å². The average Bonchev–Trinajstić information content (AvgIpc) is 2.59. The lowest BCUT2D eigenvalue weighted by molar-refractivity contribution is -0.274. The van der Waals surface area contributed by atoms with Gasteiger partial charge in [0.2, 0.25) is 0 Å². The molecule has 1 aliphatic heterocycles. The summed E-state index contributed by atoms with van der Waals surface area (Å²) in [7, 11) is 1.69. The molecule has 2 rings (SSSR count). The number of halogens is 4. The van der Waals surface area contributed by atoms with Crippen molar-refractivity contribution < 1.29 is 22.6 Å². The van der Waals surface area contributed by atoms with Crippen LogP contribution < -0.4 is 15.8 Å². The molecule has 10 heteroatoms. The molecule has 0 radical (unpaired) electrons. The van der Waals surface area contributed by atoms with E-state index in [1.165, 1.54) is 18.2 Å². The lowest BCUT2D eigenvalue weighted by Gasteiger charge is -2.31. The fraction of sp³-hybridized carbons (Fsp3) is 0.588. The van der Waals surface area contributed by atoms with Crippen LogP contribution in [0.25, 0.3) is 0 Å². The molecule has 154 valence electrons. The number of ether oxygens (including phenoxy) is 2. The standard InChI is InChI=1S/C17H25F3N4O2.HI/c1-25-11-10-24-8-6-13(7-9-24)12-22-16(21)23-14-4-2-3-5-15(14)26-17(18,19)20;/h2-5,13H,6-12H2,1H3,(H3,21,22,23);1H. The minimum absolute atomic E-state index is 0. The summed E-state index contributed by atoms with van der Waals surface area (Å²) in [6, 6.07) is 5.72. The summed E-state index contributed by atoms with van der Waals surface area (Å²) in [5, 5.41) is 2.69. The van der Waals surface area contributed by atoms with Gasteiger partial charge < -0.3 is 25.4 Å². The van der Waals surface area contributed by atoms with Crippen molar-refractivity contribution in [2.45, 2.75) is 19.2 Å². The van der Waals surface area contributed by atoms with Crippen molar-refractivity contribution in [1.29, 1.82) is 0 Å². The molecule has 27 heavy (non-hydrogen) atoms. The Balaban J connectivity index is 0.00000364. The van der Waals surface area contributed by atoms with Crippen LogP contribution in [0, 0.1) is 5.92 Å². The van der Waals surface area contributed by atoms with E-state index in [1.54, 1.807) is 13.2 Å². The molecule has 0 atom stereocenters. The summed E-state index contributed by atoms with van der Waals surface area (Å²) in [5.74, 6) is 0.144. The number of hydrogen-bond donors (Lipinski definition) is 2. The number of nitrogens with two attached hydrogens (primary N) is 1. The summed E-state index contributed by atoms with van der Waals surface area (Å²) >= 11 is 0. The van der Waals surface area contributed by atoms with Crippen molar-refractivity contribution in [2.24, 2.45) is 16.6 Å². The molecule has 1 fully saturated rings. The first-order valence-electron chi connectivity index (χ1n) is 8.50. The normalized spacial score (nSPS) is 16.7. The van der Waals surface area contributed by atoms with E-state index in [1.807, 2.05) is 0 Å². The van der Waals surface area contributed by atoms with E-state index in [0.29, 0.717) is 12.5 Å². The molecular weight excluding hydrogens is 476 g/mol. The second-order valence-electron chi connectivity index (χ2n) is 6.17. The van der Waals surface area contributed by atoms with Gasteiger partial charge in [0, 0.05) is 20.2 Å². The Kier molecular flexibility index (Phi) is 10.2. The Bertz CT molecular complexity index is 594. The van der Waals surface area contributed by atoms with E-state index in [-0.39, 0.29) is 41.4 Å². The van der Waals surface area contributed by atoms with Gasteiger partial charge in [-0.2, -0.15) is 0 Å². The van der Waals surface area contributed by atoms with Crippen molar-refractivity contribution in [3.63, 3.8) is 0 Å². The highest BCUT2D eigenvalue weighted by atomic mass is 127. The minimum Gasteiger partial charge on any atom is -0.404 e. The predicted molar refractivity (Wildman–Crippen MR) is 110 cm³/mol. The summed E-state index contributed by atoms with van der Waals surface area (Å²) in [4.78, 5) is 6.61. The number of nitrogens with zero attached hydrogens (tertiary/aromatic N) is 2. The van der Waals surface area contributed by atoms with Crippen LogP contribution in [0.1, 0.15) is 12.8 Å². The third-order valence-corrected chi connectivity index (χ3v) is 4.21. The summed E-state index contributed by atoms with van der Waals surface area (Å²) in [5.41, 5.74) is 5.95. The highest BCUT2D eigenvalue weighted by Crippen LogP contribution is 2.29. The smallest absolute Gasteiger partial charge is 0.404 e. The Labute approximate surface area is 174 Å². The molecule has 0 amide bonds. The summed E-state index contributed by atoms with van der Waals surface area (Å²) in [6.07, 6.45) is -2.75. The largest absolute Gasteiger partial charge is 0.573 e.